The number of ether oxygens (including phenoxy) is 1. The van der Waals surface area contributed by atoms with Crippen LogP contribution in [0.15, 0.2) is 49.2 Å². The number of pyridine rings is 1. The highest BCUT2D eigenvalue weighted by atomic mass is 16.5. The fourth-order valence-electron chi connectivity index (χ4n) is 3.16. The van der Waals surface area contributed by atoms with Crippen LogP contribution in [0.25, 0.3) is 28.0 Å². The van der Waals surface area contributed by atoms with E-state index >= 15 is 0 Å². The predicted molar refractivity (Wildman–Crippen MR) is 101 cm³/mol. The van der Waals surface area contributed by atoms with E-state index in [0.29, 0.717) is 17.1 Å². The molecule has 1 amide bonds. The quantitative estimate of drug-likeness (QED) is 0.601. The van der Waals surface area contributed by atoms with Crippen LogP contribution in [-0.4, -0.2) is 44.4 Å². The number of carbonyl (C=O) groups excluding carboxylic acids is 1. The zero-order valence-electron chi connectivity index (χ0n) is 15.2. The summed E-state index contributed by atoms with van der Waals surface area (Å²) in [5.41, 5.74) is 2.80. The van der Waals surface area contributed by atoms with Crippen molar-refractivity contribution >= 4 is 16.8 Å². The molecule has 3 aromatic heterocycles. The number of aryl methyl sites for hydroxylation is 1. The molecule has 0 saturated heterocycles. The van der Waals surface area contributed by atoms with Crippen molar-refractivity contribution in [3.8, 4) is 22.8 Å². The van der Waals surface area contributed by atoms with Gasteiger partial charge in [0, 0.05) is 38.1 Å². The first-order chi connectivity index (χ1) is 13.1. The molecule has 1 N–H and O–H groups in total. The van der Waals surface area contributed by atoms with E-state index in [9.17, 15) is 4.79 Å². The Morgan fingerprint density at radius 3 is 2.78 bits per heavy atom. The van der Waals surface area contributed by atoms with Gasteiger partial charge in [-0.1, -0.05) is 6.07 Å². The van der Waals surface area contributed by atoms with E-state index in [4.69, 9.17) is 4.74 Å². The van der Waals surface area contributed by atoms with E-state index in [1.54, 1.807) is 37.6 Å². The van der Waals surface area contributed by atoms with Crippen molar-refractivity contribution in [2.75, 3.05) is 14.2 Å². The summed E-state index contributed by atoms with van der Waals surface area (Å²) in [4.78, 5) is 20.8. The predicted octanol–water partition coefficient (Wildman–Crippen LogP) is 2.19. The summed E-state index contributed by atoms with van der Waals surface area (Å²) in [5.74, 6) is 0.997. The zero-order valence-corrected chi connectivity index (χ0v) is 15.2. The molecular weight excluding hydrogens is 344 g/mol. The normalized spacial score (nSPS) is 10.9. The second-order valence-corrected chi connectivity index (χ2v) is 5.99. The Labute approximate surface area is 155 Å². The van der Waals surface area contributed by atoms with Crippen LogP contribution < -0.4 is 10.1 Å². The van der Waals surface area contributed by atoms with Gasteiger partial charge in [0.2, 0.25) is 0 Å². The molecule has 0 bridgehead atoms. The minimum absolute atomic E-state index is 0.199. The van der Waals surface area contributed by atoms with E-state index in [1.165, 1.54) is 0 Å². The van der Waals surface area contributed by atoms with Gasteiger partial charge in [-0.05, 0) is 18.2 Å². The standard InChI is InChI=1S/C19H18N6O2/c1-20-19(26)14-10-21-9-12-7-8-25(16(12)14)15-6-4-5-13(17(15)27-3)18-22-11-24(2)23-18/h4-11H,1-3H3,(H,20,26). The van der Waals surface area contributed by atoms with Gasteiger partial charge in [-0.3, -0.25) is 14.5 Å². The number of nitrogens with zero attached hydrogens (tertiary/aromatic N) is 5. The Kier molecular flexibility index (Phi) is 4.08. The van der Waals surface area contributed by atoms with Gasteiger partial charge in [0.1, 0.15) is 6.33 Å². The van der Waals surface area contributed by atoms with Crippen LogP contribution in [0.1, 0.15) is 10.4 Å². The van der Waals surface area contributed by atoms with Gasteiger partial charge >= 0.3 is 0 Å². The van der Waals surface area contributed by atoms with E-state index in [0.717, 1.165) is 22.2 Å². The third kappa shape index (κ3) is 2.71. The first kappa shape index (κ1) is 16.8. The van der Waals surface area contributed by atoms with Crippen LogP contribution in [0, 0.1) is 0 Å². The van der Waals surface area contributed by atoms with Crippen LogP contribution in [0.3, 0.4) is 0 Å². The lowest BCUT2D eigenvalue weighted by molar-refractivity contribution is 0.0964. The number of para-hydroxylation sites is 1. The summed E-state index contributed by atoms with van der Waals surface area (Å²) in [6, 6.07) is 7.67. The number of benzene rings is 1. The van der Waals surface area contributed by atoms with Crippen LogP contribution in [0.5, 0.6) is 5.75 Å². The Balaban J connectivity index is 1.98. The largest absolute Gasteiger partial charge is 0.494 e. The molecule has 0 aliphatic carbocycles. The maximum atomic E-state index is 12.3. The first-order valence-electron chi connectivity index (χ1n) is 8.34. The van der Waals surface area contributed by atoms with Crippen molar-refractivity contribution in [3.63, 3.8) is 0 Å². The highest BCUT2D eigenvalue weighted by Crippen LogP contribution is 2.35. The fraction of sp³-hybridized carbons (Fsp3) is 0.158. The van der Waals surface area contributed by atoms with Gasteiger partial charge in [0.25, 0.3) is 5.91 Å². The molecule has 0 fully saturated rings. The highest BCUT2D eigenvalue weighted by Gasteiger charge is 2.19. The van der Waals surface area contributed by atoms with Gasteiger partial charge in [0.15, 0.2) is 11.6 Å². The first-order valence-corrected chi connectivity index (χ1v) is 8.34. The summed E-state index contributed by atoms with van der Waals surface area (Å²) in [5, 5.41) is 7.90. The lowest BCUT2D eigenvalue weighted by Crippen LogP contribution is -2.19. The maximum Gasteiger partial charge on any atom is 0.254 e. The average Bonchev–Trinajstić information content (AvgIpc) is 3.32. The van der Waals surface area contributed by atoms with Gasteiger partial charge < -0.3 is 14.6 Å². The minimum Gasteiger partial charge on any atom is -0.494 e. The molecule has 0 spiro atoms. The molecular formula is C19H18N6O2. The van der Waals surface area contributed by atoms with Gasteiger partial charge in [-0.15, -0.1) is 0 Å². The van der Waals surface area contributed by atoms with Crippen LogP contribution in [0.4, 0.5) is 0 Å². The van der Waals surface area contributed by atoms with Crippen molar-refractivity contribution in [2.45, 2.75) is 0 Å². The number of amides is 1. The fourth-order valence-corrected chi connectivity index (χ4v) is 3.16. The minimum atomic E-state index is -0.199. The van der Waals surface area contributed by atoms with Gasteiger partial charge in [0.05, 0.1) is 29.4 Å². The molecule has 4 rings (SSSR count). The van der Waals surface area contributed by atoms with Crippen molar-refractivity contribution < 1.29 is 9.53 Å². The molecule has 0 atom stereocenters. The number of fused-ring (bicyclic) bond motifs is 1. The number of hydrogen-bond acceptors (Lipinski definition) is 5. The Bertz CT molecular complexity index is 1140. The zero-order chi connectivity index (χ0) is 19.0. The molecule has 0 aliphatic heterocycles. The maximum absolute atomic E-state index is 12.3. The smallest absolute Gasteiger partial charge is 0.254 e. The molecule has 8 nitrogen and oxygen atoms in total. The number of nitrogens with one attached hydrogen (secondary N) is 1. The van der Waals surface area contributed by atoms with E-state index in [-0.39, 0.29) is 5.91 Å². The molecule has 1 aromatic carbocycles. The van der Waals surface area contributed by atoms with E-state index in [2.05, 4.69) is 20.4 Å². The molecule has 4 aromatic rings. The van der Waals surface area contributed by atoms with Crippen molar-refractivity contribution in [1.29, 1.82) is 0 Å². The van der Waals surface area contributed by atoms with Crippen molar-refractivity contribution in [2.24, 2.45) is 7.05 Å². The SMILES string of the molecule is CNC(=O)c1cncc2ccn(-c3cccc(-c4ncn(C)n4)c3OC)c12. The number of methoxy groups -OCH3 is 1. The molecule has 0 radical (unpaired) electrons. The van der Waals surface area contributed by atoms with Crippen molar-refractivity contribution in [1.82, 2.24) is 29.6 Å². The summed E-state index contributed by atoms with van der Waals surface area (Å²) < 4.78 is 9.28. The topological polar surface area (TPSA) is 86.9 Å². The number of hydrogen-bond donors (Lipinski definition) is 1. The van der Waals surface area contributed by atoms with Gasteiger partial charge in [-0.25, -0.2) is 4.98 Å². The van der Waals surface area contributed by atoms with Crippen LogP contribution in [-0.2, 0) is 7.05 Å². The van der Waals surface area contributed by atoms with Crippen molar-refractivity contribution in [3.05, 3.63) is 54.7 Å². The molecule has 8 heteroatoms. The Hall–Kier alpha value is -3.68. The number of aromatic nitrogens is 5. The molecule has 0 aliphatic rings. The summed E-state index contributed by atoms with van der Waals surface area (Å²) >= 11 is 0. The average molecular weight is 362 g/mol. The number of carbonyl (C=O) groups is 1. The van der Waals surface area contributed by atoms with E-state index in [1.807, 2.05) is 42.1 Å². The molecule has 136 valence electrons. The Morgan fingerprint density at radius 2 is 2.07 bits per heavy atom. The molecule has 3 heterocycles. The molecule has 0 saturated carbocycles. The lowest BCUT2D eigenvalue weighted by Gasteiger charge is -2.15. The Morgan fingerprint density at radius 1 is 1.22 bits per heavy atom. The van der Waals surface area contributed by atoms with Gasteiger partial charge in [-0.2, -0.15) is 5.10 Å². The summed E-state index contributed by atoms with van der Waals surface area (Å²) in [6.45, 7) is 0. The molecule has 0 unspecified atom stereocenters. The highest BCUT2D eigenvalue weighted by molar-refractivity contribution is 6.06. The third-order valence-corrected chi connectivity index (χ3v) is 4.36. The number of rotatable bonds is 4. The second-order valence-electron chi connectivity index (χ2n) is 5.99. The van der Waals surface area contributed by atoms with Crippen LogP contribution >= 0.6 is 0 Å². The lowest BCUT2D eigenvalue weighted by atomic mass is 10.1. The van der Waals surface area contributed by atoms with E-state index < -0.39 is 0 Å². The monoisotopic (exact) mass is 362 g/mol. The third-order valence-electron chi connectivity index (χ3n) is 4.36. The molecule has 27 heavy (non-hydrogen) atoms. The second kappa shape index (κ2) is 6.56. The summed E-state index contributed by atoms with van der Waals surface area (Å²) in [7, 11) is 5.02. The summed E-state index contributed by atoms with van der Waals surface area (Å²) in [6.07, 6.45) is 6.83. The van der Waals surface area contributed by atoms with Crippen LogP contribution in [0.2, 0.25) is 0 Å².